The Bertz CT molecular complexity index is 703. The molecule has 0 unspecified atom stereocenters. The molecule has 0 aliphatic carbocycles. The molecule has 2 aromatic carbocycles. The Hall–Kier alpha value is -2.53. The summed E-state index contributed by atoms with van der Waals surface area (Å²) in [6, 6.07) is 18.2. The maximum Gasteiger partial charge on any atom is 0.319 e. The van der Waals surface area contributed by atoms with Crippen LogP contribution < -0.4 is 15.5 Å². The van der Waals surface area contributed by atoms with Gasteiger partial charge in [-0.1, -0.05) is 30.3 Å². The summed E-state index contributed by atoms with van der Waals surface area (Å²) in [5.41, 5.74) is 3.27. The van der Waals surface area contributed by atoms with Gasteiger partial charge in [0.2, 0.25) is 0 Å². The number of piperidine rings is 1. The van der Waals surface area contributed by atoms with Crippen LogP contribution in [0.4, 0.5) is 16.2 Å². The largest absolute Gasteiger partial charge is 0.380 e. The van der Waals surface area contributed by atoms with E-state index in [1.54, 1.807) is 7.11 Å². The van der Waals surface area contributed by atoms with Crippen molar-refractivity contribution < 1.29 is 9.53 Å². The highest BCUT2D eigenvalue weighted by atomic mass is 16.5. The van der Waals surface area contributed by atoms with Crippen molar-refractivity contribution in [2.75, 3.05) is 37.0 Å². The van der Waals surface area contributed by atoms with Gasteiger partial charge in [-0.15, -0.1) is 0 Å². The summed E-state index contributed by atoms with van der Waals surface area (Å²) < 4.78 is 5.49. The zero-order chi connectivity index (χ0) is 18.9. The Morgan fingerprint density at radius 2 is 1.93 bits per heavy atom. The molecule has 1 heterocycles. The van der Waals surface area contributed by atoms with Crippen molar-refractivity contribution in [2.45, 2.75) is 31.8 Å². The van der Waals surface area contributed by atoms with Crippen LogP contribution in [0.3, 0.4) is 0 Å². The molecule has 1 aliphatic rings. The van der Waals surface area contributed by atoms with Crippen molar-refractivity contribution in [1.29, 1.82) is 0 Å². The Balaban J connectivity index is 1.40. The molecule has 27 heavy (non-hydrogen) atoms. The predicted octanol–water partition coefficient (Wildman–Crippen LogP) is 4.06. The predicted molar refractivity (Wildman–Crippen MR) is 110 cm³/mol. The zero-order valence-corrected chi connectivity index (χ0v) is 16.0. The number of hydrogen-bond donors (Lipinski definition) is 2. The topological polar surface area (TPSA) is 53.6 Å². The van der Waals surface area contributed by atoms with Gasteiger partial charge in [0.15, 0.2) is 0 Å². The number of nitrogens with zero attached hydrogens (tertiary/aromatic N) is 1. The van der Waals surface area contributed by atoms with E-state index in [9.17, 15) is 4.79 Å². The smallest absolute Gasteiger partial charge is 0.319 e. The molecule has 0 spiro atoms. The lowest BCUT2D eigenvalue weighted by Gasteiger charge is -2.33. The molecule has 0 aromatic heterocycles. The minimum absolute atomic E-state index is 0.159. The second kappa shape index (κ2) is 9.97. The van der Waals surface area contributed by atoms with Gasteiger partial charge in [0.05, 0.1) is 6.10 Å². The summed E-state index contributed by atoms with van der Waals surface area (Å²) in [7, 11) is 1.78. The second-order valence-electron chi connectivity index (χ2n) is 6.96. The lowest BCUT2D eigenvalue weighted by atomic mass is 10.1. The Kier molecular flexibility index (Phi) is 7.11. The minimum atomic E-state index is -0.159. The van der Waals surface area contributed by atoms with Gasteiger partial charge >= 0.3 is 6.03 Å². The van der Waals surface area contributed by atoms with Crippen LogP contribution in [0.2, 0.25) is 0 Å². The fourth-order valence-electron chi connectivity index (χ4n) is 3.44. The summed E-state index contributed by atoms with van der Waals surface area (Å²) in [5, 5.41) is 5.81. The number of urea groups is 1. The number of amides is 2. The van der Waals surface area contributed by atoms with Gasteiger partial charge in [0, 0.05) is 38.1 Å². The van der Waals surface area contributed by atoms with Gasteiger partial charge in [0.25, 0.3) is 0 Å². The number of nitrogens with one attached hydrogen (secondary N) is 2. The first kappa shape index (κ1) is 19.2. The second-order valence-corrected chi connectivity index (χ2v) is 6.96. The van der Waals surface area contributed by atoms with E-state index in [0.29, 0.717) is 12.6 Å². The quantitative estimate of drug-likeness (QED) is 0.726. The van der Waals surface area contributed by atoms with Crippen LogP contribution >= 0.6 is 0 Å². The van der Waals surface area contributed by atoms with Crippen molar-refractivity contribution in [2.24, 2.45) is 0 Å². The summed E-state index contributed by atoms with van der Waals surface area (Å²) >= 11 is 0. The monoisotopic (exact) mass is 367 g/mol. The van der Waals surface area contributed by atoms with Crippen LogP contribution in [0.5, 0.6) is 0 Å². The SMILES string of the molecule is CO[C@H]1CCCN(c2ccc(NC(=O)NCCCc3ccccc3)cc2)C1. The highest BCUT2D eigenvalue weighted by Crippen LogP contribution is 2.22. The molecule has 3 rings (SSSR count). The Morgan fingerprint density at radius 1 is 1.15 bits per heavy atom. The lowest BCUT2D eigenvalue weighted by molar-refractivity contribution is 0.0893. The Morgan fingerprint density at radius 3 is 2.67 bits per heavy atom. The van der Waals surface area contributed by atoms with E-state index in [1.165, 1.54) is 11.3 Å². The van der Waals surface area contributed by atoms with Crippen molar-refractivity contribution in [3.05, 3.63) is 60.2 Å². The van der Waals surface area contributed by atoms with Crippen molar-refractivity contribution in [3.8, 4) is 0 Å². The molecule has 5 heteroatoms. The molecule has 0 bridgehead atoms. The van der Waals surface area contributed by atoms with Crippen LogP contribution in [0.15, 0.2) is 54.6 Å². The molecule has 0 saturated carbocycles. The number of aryl methyl sites for hydroxylation is 1. The highest BCUT2D eigenvalue weighted by molar-refractivity contribution is 5.89. The van der Waals surface area contributed by atoms with Crippen molar-refractivity contribution in [1.82, 2.24) is 5.32 Å². The number of hydrogen-bond acceptors (Lipinski definition) is 3. The average Bonchev–Trinajstić information content (AvgIpc) is 2.72. The van der Waals surface area contributed by atoms with Gasteiger partial charge in [-0.05, 0) is 55.5 Å². The van der Waals surface area contributed by atoms with Gasteiger partial charge in [-0.25, -0.2) is 4.79 Å². The molecular weight excluding hydrogens is 338 g/mol. The molecule has 0 radical (unpaired) electrons. The van der Waals surface area contributed by atoms with Gasteiger partial charge in [0.1, 0.15) is 0 Å². The zero-order valence-electron chi connectivity index (χ0n) is 16.0. The van der Waals surface area contributed by atoms with Crippen LogP contribution in [-0.2, 0) is 11.2 Å². The Labute approximate surface area is 161 Å². The number of benzene rings is 2. The van der Waals surface area contributed by atoms with E-state index in [-0.39, 0.29) is 6.03 Å². The number of carbonyl (C=O) groups is 1. The number of carbonyl (C=O) groups excluding carboxylic acids is 1. The van der Waals surface area contributed by atoms with Gasteiger partial charge in [-0.3, -0.25) is 0 Å². The normalized spacial score (nSPS) is 16.8. The molecule has 1 atom stereocenters. The third-order valence-electron chi connectivity index (χ3n) is 4.97. The molecule has 144 valence electrons. The number of rotatable bonds is 7. The molecular formula is C22H29N3O2. The molecule has 2 aromatic rings. The first-order chi connectivity index (χ1) is 13.2. The fraction of sp³-hybridized carbons (Fsp3) is 0.409. The summed E-state index contributed by atoms with van der Waals surface area (Å²) in [6.45, 7) is 2.63. The van der Waals surface area contributed by atoms with Crippen LogP contribution in [0, 0.1) is 0 Å². The third kappa shape index (κ3) is 6.00. The highest BCUT2D eigenvalue weighted by Gasteiger charge is 2.19. The van der Waals surface area contributed by atoms with E-state index in [1.807, 2.05) is 30.3 Å². The molecule has 1 saturated heterocycles. The lowest BCUT2D eigenvalue weighted by Crippen LogP contribution is -2.39. The van der Waals surface area contributed by atoms with E-state index >= 15 is 0 Å². The van der Waals surface area contributed by atoms with E-state index in [0.717, 1.165) is 44.5 Å². The van der Waals surface area contributed by atoms with Gasteiger partial charge < -0.3 is 20.3 Å². The first-order valence-corrected chi connectivity index (χ1v) is 9.71. The number of ether oxygens (including phenoxy) is 1. The van der Waals surface area contributed by atoms with Crippen LogP contribution in [0.1, 0.15) is 24.8 Å². The molecule has 2 N–H and O–H groups in total. The average molecular weight is 367 g/mol. The summed E-state index contributed by atoms with van der Waals surface area (Å²) in [6.07, 6.45) is 4.46. The number of methoxy groups -OCH3 is 1. The molecule has 1 fully saturated rings. The molecule has 2 amide bonds. The van der Waals surface area contributed by atoms with E-state index < -0.39 is 0 Å². The molecule has 1 aliphatic heterocycles. The summed E-state index contributed by atoms with van der Waals surface area (Å²) in [5.74, 6) is 0. The van der Waals surface area contributed by atoms with Crippen LogP contribution in [0.25, 0.3) is 0 Å². The standard InChI is InChI=1S/C22H29N3O2/c1-27-21-10-6-16-25(17-21)20-13-11-19(12-14-20)24-22(26)23-15-5-9-18-7-3-2-4-8-18/h2-4,7-8,11-14,21H,5-6,9-10,15-17H2,1H3,(H2,23,24,26)/t21-/m0/s1. The first-order valence-electron chi connectivity index (χ1n) is 9.71. The maximum absolute atomic E-state index is 12.0. The summed E-state index contributed by atoms with van der Waals surface area (Å²) in [4.78, 5) is 14.4. The fourth-order valence-corrected chi connectivity index (χ4v) is 3.44. The van der Waals surface area contributed by atoms with Crippen LogP contribution in [-0.4, -0.2) is 38.9 Å². The van der Waals surface area contributed by atoms with Crippen molar-refractivity contribution >= 4 is 17.4 Å². The van der Waals surface area contributed by atoms with E-state index in [4.69, 9.17) is 4.74 Å². The van der Waals surface area contributed by atoms with Crippen molar-refractivity contribution in [3.63, 3.8) is 0 Å². The maximum atomic E-state index is 12.0. The van der Waals surface area contributed by atoms with E-state index in [2.05, 4.69) is 39.8 Å². The minimum Gasteiger partial charge on any atom is -0.380 e. The molecule has 5 nitrogen and oxygen atoms in total. The van der Waals surface area contributed by atoms with Gasteiger partial charge in [-0.2, -0.15) is 0 Å². The number of anilines is 2. The third-order valence-corrected chi connectivity index (χ3v) is 4.97.